The molecular weight excluding hydrogens is 418 g/mol. The van der Waals surface area contributed by atoms with Crippen molar-refractivity contribution in [3.63, 3.8) is 0 Å². The van der Waals surface area contributed by atoms with E-state index in [2.05, 4.69) is 16.2 Å². The Morgan fingerprint density at radius 1 is 1.16 bits per heavy atom. The lowest BCUT2D eigenvalue weighted by molar-refractivity contribution is 0.251. The summed E-state index contributed by atoms with van der Waals surface area (Å²) in [4.78, 5) is 4.44. The predicted molar refractivity (Wildman–Crippen MR) is 115 cm³/mol. The number of aromatic nitrogens is 2. The number of fused-ring (bicyclic) bond motifs is 1. The number of sulfonamides is 1. The largest absolute Gasteiger partial charge is 0.497 e. The smallest absolute Gasteiger partial charge is 0.242 e. The molecule has 1 aliphatic rings. The van der Waals surface area contributed by atoms with Crippen LogP contribution in [0.15, 0.2) is 47.0 Å². The third-order valence-corrected chi connectivity index (χ3v) is 6.76. The van der Waals surface area contributed by atoms with Crippen molar-refractivity contribution in [3.05, 3.63) is 59.5 Å². The number of hydrogen-bond acceptors (Lipinski definition) is 7. The molecule has 2 aromatic carbocycles. The van der Waals surface area contributed by atoms with Crippen LogP contribution in [0.5, 0.6) is 11.5 Å². The van der Waals surface area contributed by atoms with Crippen molar-refractivity contribution in [2.45, 2.75) is 31.8 Å². The van der Waals surface area contributed by atoms with E-state index in [9.17, 15) is 8.42 Å². The molecule has 0 unspecified atom stereocenters. The van der Waals surface area contributed by atoms with Gasteiger partial charge in [-0.05, 0) is 42.5 Å². The molecule has 0 fully saturated rings. The van der Waals surface area contributed by atoms with Gasteiger partial charge in [-0.2, -0.15) is 9.29 Å². The van der Waals surface area contributed by atoms with Gasteiger partial charge in [0.2, 0.25) is 21.7 Å². The summed E-state index contributed by atoms with van der Waals surface area (Å²) in [7, 11) is -0.398. The van der Waals surface area contributed by atoms with Gasteiger partial charge in [-0.15, -0.1) is 0 Å². The Bertz CT molecular complexity index is 1180. The standard InChI is InChI=1S/C22H25N3O5S/c1-28-16-11-12-18(20(13-16)29-2)22-23-21(30-24-22)14-25(31(3,26)27)19-10-6-8-15-7-4-5-9-17(15)19/h4-5,7,9,11-13,19H,6,8,10,14H2,1-3H3/t19-/m0/s1. The van der Waals surface area contributed by atoms with Crippen molar-refractivity contribution in [1.29, 1.82) is 0 Å². The summed E-state index contributed by atoms with van der Waals surface area (Å²) in [6, 6.07) is 13.0. The molecule has 0 amide bonds. The van der Waals surface area contributed by atoms with Crippen LogP contribution in [0.3, 0.4) is 0 Å². The molecule has 0 radical (unpaired) electrons. The van der Waals surface area contributed by atoms with Gasteiger partial charge in [-0.1, -0.05) is 29.4 Å². The number of hydrogen-bond donors (Lipinski definition) is 0. The molecule has 1 heterocycles. The van der Waals surface area contributed by atoms with E-state index in [0.29, 0.717) is 22.9 Å². The van der Waals surface area contributed by atoms with Gasteiger partial charge >= 0.3 is 0 Å². The Labute approximate surface area is 181 Å². The third-order valence-electron chi connectivity index (χ3n) is 5.52. The molecule has 1 aliphatic carbocycles. The highest BCUT2D eigenvalue weighted by Gasteiger charge is 2.33. The van der Waals surface area contributed by atoms with Crippen LogP contribution in [0, 0.1) is 0 Å². The third kappa shape index (κ3) is 4.42. The summed E-state index contributed by atoms with van der Waals surface area (Å²) < 4.78 is 42.9. The van der Waals surface area contributed by atoms with Crippen LogP contribution >= 0.6 is 0 Å². The lowest BCUT2D eigenvalue weighted by Crippen LogP contribution is -2.35. The molecule has 0 aliphatic heterocycles. The molecule has 0 bridgehead atoms. The number of ether oxygens (including phenoxy) is 2. The Kier molecular flexibility index (Phi) is 5.97. The van der Waals surface area contributed by atoms with E-state index in [-0.39, 0.29) is 18.5 Å². The first-order valence-electron chi connectivity index (χ1n) is 10.0. The van der Waals surface area contributed by atoms with Gasteiger partial charge in [-0.25, -0.2) is 8.42 Å². The van der Waals surface area contributed by atoms with Crippen LogP contribution in [0.1, 0.15) is 35.9 Å². The fourth-order valence-electron chi connectivity index (χ4n) is 4.03. The zero-order chi connectivity index (χ0) is 22.0. The van der Waals surface area contributed by atoms with Crippen LogP contribution in [0.2, 0.25) is 0 Å². The van der Waals surface area contributed by atoms with Crippen LogP contribution in [0.4, 0.5) is 0 Å². The van der Waals surface area contributed by atoms with E-state index < -0.39 is 10.0 Å². The van der Waals surface area contributed by atoms with E-state index in [0.717, 1.165) is 24.8 Å². The maximum atomic E-state index is 12.7. The average Bonchev–Trinajstić information content (AvgIpc) is 3.24. The number of aryl methyl sites for hydroxylation is 1. The maximum absolute atomic E-state index is 12.7. The summed E-state index contributed by atoms with van der Waals surface area (Å²) in [5.41, 5.74) is 2.85. The van der Waals surface area contributed by atoms with E-state index in [1.54, 1.807) is 32.4 Å². The monoisotopic (exact) mass is 443 g/mol. The summed E-state index contributed by atoms with van der Waals surface area (Å²) in [6.45, 7) is 0.00328. The number of benzene rings is 2. The highest BCUT2D eigenvalue weighted by atomic mass is 32.2. The molecule has 4 rings (SSSR count). The van der Waals surface area contributed by atoms with Gasteiger partial charge in [0.05, 0.1) is 38.6 Å². The van der Waals surface area contributed by atoms with Crippen molar-refractivity contribution in [1.82, 2.24) is 14.4 Å². The first-order chi connectivity index (χ1) is 14.9. The maximum Gasteiger partial charge on any atom is 0.242 e. The molecule has 31 heavy (non-hydrogen) atoms. The van der Waals surface area contributed by atoms with Crippen molar-refractivity contribution < 1.29 is 22.4 Å². The summed E-state index contributed by atoms with van der Waals surface area (Å²) in [5, 5.41) is 4.05. The average molecular weight is 444 g/mol. The van der Waals surface area contributed by atoms with Crippen LogP contribution < -0.4 is 9.47 Å². The molecule has 0 saturated carbocycles. The quantitative estimate of drug-likeness (QED) is 0.551. The SMILES string of the molecule is COc1ccc(-c2noc(CN([C@H]3CCCc4ccccc43)S(C)(=O)=O)n2)c(OC)c1. The van der Waals surface area contributed by atoms with Gasteiger partial charge in [-0.3, -0.25) is 0 Å². The summed E-state index contributed by atoms with van der Waals surface area (Å²) in [6.07, 6.45) is 3.84. The van der Waals surface area contributed by atoms with E-state index in [1.165, 1.54) is 16.1 Å². The lowest BCUT2D eigenvalue weighted by Gasteiger charge is -2.33. The molecule has 8 nitrogen and oxygen atoms in total. The minimum absolute atomic E-state index is 0.00328. The molecule has 1 atom stereocenters. The normalized spacial score (nSPS) is 16.2. The highest BCUT2D eigenvalue weighted by molar-refractivity contribution is 7.88. The van der Waals surface area contributed by atoms with Gasteiger partial charge in [0.25, 0.3) is 0 Å². The number of nitrogens with zero attached hydrogens (tertiary/aromatic N) is 3. The predicted octanol–water partition coefficient (Wildman–Crippen LogP) is 3.59. The Hall–Kier alpha value is -2.91. The topological polar surface area (TPSA) is 94.8 Å². The van der Waals surface area contributed by atoms with Crippen molar-refractivity contribution in [2.75, 3.05) is 20.5 Å². The first-order valence-corrected chi connectivity index (χ1v) is 11.8. The Morgan fingerprint density at radius 3 is 2.71 bits per heavy atom. The second-order valence-electron chi connectivity index (χ2n) is 7.49. The Morgan fingerprint density at radius 2 is 1.97 bits per heavy atom. The summed E-state index contributed by atoms with van der Waals surface area (Å²) >= 11 is 0. The molecule has 1 aromatic heterocycles. The first kappa shape index (κ1) is 21.3. The fourth-order valence-corrected chi connectivity index (χ4v) is 5.06. The van der Waals surface area contributed by atoms with Crippen LogP contribution in [-0.2, 0) is 23.0 Å². The zero-order valence-corrected chi connectivity index (χ0v) is 18.6. The van der Waals surface area contributed by atoms with E-state index in [4.69, 9.17) is 14.0 Å². The molecule has 0 saturated heterocycles. The van der Waals surface area contributed by atoms with Crippen LogP contribution in [-0.4, -0.2) is 43.3 Å². The molecule has 3 aromatic rings. The molecular formula is C22H25N3O5S. The minimum Gasteiger partial charge on any atom is -0.497 e. The van der Waals surface area contributed by atoms with Crippen molar-refractivity contribution in [3.8, 4) is 22.9 Å². The molecule has 0 N–H and O–H groups in total. The fraction of sp³-hybridized carbons (Fsp3) is 0.364. The number of rotatable bonds is 7. The minimum atomic E-state index is -3.52. The molecule has 9 heteroatoms. The van der Waals surface area contributed by atoms with Crippen molar-refractivity contribution >= 4 is 10.0 Å². The second kappa shape index (κ2) is 8.68. The second-order valence-corrected chi connectivity index (χ2v) is 9.43. The van der Waals surface area contributed by atoms with E-state index >= 15 is 0 Å². The lowest BCUT2D eigenvalue weighted by atomic mass is 9.88. The van der Waals surface area contributed by atoms with Crippen LogP contribution in [0.25, 0.3) is 11.4 Å². The van der Waals surface area contributed by atoms with Gasteiger partial charge in [0.1, 0.15) is 11.5 Å². The van der Waals surface area contributed by atoms with Gasteiger partial charge in [0.15, 0.2) is 0 Å². The van der Waals surface area contributed by atoms with Crippen molar-refractivity contribution in [2.24, 2.45) is 0 Å². The van der Waals surface area contributed by atoms with E-state index in [1.807, 2.05) is 18.2 Å². The highest BCUT2D eigenvalue weighted by Crippen LogP contribution is 2.37. The molecule has 164 valence electrons. The Balaban J connectivity index is 1.65. The summed E-state index contributed by atoms with van der Waals surface area (Å²) in [5.74, 6) is 1.73. The van der Waals surface area contributed by atoms with Gasteiger partial charge < -0.3 is 14.0 Å². The zero-order valence-electron chi connectivity index (χ0n) is 17.7. The molecule has 0 spiro atoms. The van der Waals surface area contributed by atoms with Gasteiger partial charge in [0, 0.05) is 6.07 Å². The number of methoxy groups -OCH3 is 2.